The van der Waals surface area contributed by atoms with E-state index in [4.69, 9.17) is 15.0 Å². The summed E-state index contributed by atoms with van der Waals surface area (Å²) in [4.78, 5) is 14.6. The van der Waals surface area contributed by atoms with E-state index in [1.807, 2.05) is 85.3 Å². The Hall–Kier alpha value is -7.30. The summed E-state index contributed by atoms with van der Waals surface area (Å²) in [6, 6.07) is 75.6. The zero-order chi connectivity index (χ0) is 42.2. The fourth-order valence-electron chi connectivity index (χ4n) is 8.22. The minimum absolute atomic E-state index is 0. The Morgan fingerprint density at radius 3 is 1.41 bits per heavy atom. The molecule has 4 aromatic heterocycles. The topological polar surface area (TPSA) is 43.6 Å². The number of aromatic nitrogens is 4. The molecule has 0 fully saturated rings. The maximum absolute atomic E-state index is 5.04. The maximum Gasteiger partial charge on any atom is 3.00 e. The van der Waals surface area contributed by atoms with Gasteiger partial charge in [-0.3, -0.25) is 0 Å². The molecule has 0 N–H and O–H groups in total. The van der Waals surface area contributed by atoms with Crippen molar-refractivity contribution in [3.8, 4) is 73.0 Å². The van der Waals surface area contributed by atoms with E-state index in [-0.39, 0.29) is 20.1 Å². The predicted molar refractivity (Wildman–Crippen MR) is 256 cm³/mol. The maximum atomic E-state index is 5.04. The standard InChI is InChI=1S/C59H43N4.Ir/c1-5-14-47(15-6-1)48-29-31-49(32-30-48)54-39-57(52-20-11-4-12-21-52)62-42-59(54)63-35-13-22-58(63)53-37-45(25-23-43-27-33-55(60-40-43)50-16-7-2-8-17-50)36-46(38-53)26-24-44-28-34-56(61-41-44)51-18-9-3-10-19-51;/h1-16,18,20,22,27-42H,23-26H2;/q-3;+3. The van der Waals surface area contributed by atoms with Crippen molar-refractivity contribution < 1.29 is 20.1 Å². The van der Waals surface area contributed by atoms with Gasteiger partial charge in [-0.2, -0.15) is 0 Å². The van der Waals surface area contributed by atoms with Crippen LogP contribution in [0.1, 0.15) is 22.3 Å². The molecule has 0 atom stereocenters. The van der Waals surface area contributed by atoms with E-state index in [9.17, 15) is 0 Å². The van der Waals surface area contributed by atoms with Crippen LogP contribution in [-0.2, 0) is 45.8 Å². The third-order valence-electron chi connectivity index (χ3n) is 11.6. The van der Waals surface area contributed by atoms with Crippen molar-refractivity contribution in [2.24, 2.45) is 0 Å². The molecule has 10 aromatic rings. The van der Waals surface area contributed by atoms with Crippen LogP contribution in [0, 0.1) is 18.2 Å². The molecule has 5 heteroatoms. The third-order valence-corrected chi connectivity index (χ3v) is 11.6. The number of hydrogen-bond acceptors (Lipinski definition) is 3. The van der Waals surface area contributed by atoms with Gasteiger partial charge >= 0.3 is 20.1 Å². The summed E-state index contributed by atoms with van der Waals surface area (Å²) < 4.78 is 2.29. The van der Waals surface area contributed by atoms with Gasteiger partial charge in [0.1, 0.15) is 0 Å². The quantitative estimate of drug-likeness (QED) is 0.108. The summed E-state index contributed by atoms with van der Waals surface area (Å²) in [5.74, 6) is 0. The van der Waals surface area contributed by atoms with Crippen LogP contribution >= 0.6 is 0 Å². The molecule has 0 unspecified atom stereocenters. The van der Waals surface area contributed by atoms with Gasteiger partial charge in [-0.15, -0.1) is 108 Å². The van der Waals surface area contributed by atoms with Crippen LogP contribution in [0.4, 0.5) is 0 Å². The van der Waals surface area contributed by atoms with Crippen molar-refractivity contribution in [3.05, 3.63) is 253 Å². The van der Waals surface area contributed by atoms with E-state index in [0.717, 1.165) is 82.0 Å². The first kappa shape index (κ1) is 42.0. The van der Waals surface area contributed by atoms with Gasteiger partial charge < -0.3 is 19.5 Å². The van der Waals surface area contributed by atoms with Gasteiger partial charge in [-0.25, -0.2) is 0 Å². The Kier molecular flexibility index (Phi) is 13.0. The molecule has 0 amide bonds. The summed E-state index contributed by atoms with van der Waals surface area (Å²) in [6.45, 7) is 0. The van der Waals surface area contributed by atoms with E-state index in [0.29, 0.717) is 0 Å². The molecule has 0 aliphatic rings. The Balaban J connectivity index is 0.00000518. The van der Waals surface area contributed by atoms with Gasteiger partial charge in [0.05, 0.1) is 11.4 Å². The van der Waals surface area contributed by atoms with E-state index in [2.05, 4.69) is 150 Å². The van der Waals surface area contributed by atoms with Gasteiger partial charge in [-0.1, -0.05) is 91.0 Å². The first-order chi connectivity index (χ1) is 31.2. The molecule has 64 heavy (non-hydrogen) atoms. The monoisotopic (exact) mass is 1000 g/mol. The summed E-state index contributed by atoms with van der Waals surface area (Å²) in [6.07, 6.45) is 11.7. The number of rotatable bonds is 13. The minimum Gasteiger partial charge on any atom is -0.315 e. The van der Waals surface area contributed by atoms with Crippen LogP contribution < -0.4 is 0 Å². The molecule has 4 heterocycles. The summed E-state index contributed by atoms with van der Waals surface area (Å²) in [5.41, 5.74) is 18.6. The second-order valence-corrected chi connectivity index (χ2v) is 15.8. The van der Waals surface area contributed by atoms with Crippen LogP contribution in [0.5, 0.6) is 0 Å². The van der Waals surface area contributed by atoms with Crippen molar-refractivity contribution in [3.63, 3.8) is 0 Å². The second kappa shape index (κ2) is 19.8. The molecule has 0 saturated heterocycles. The van der Waals surface area contributed by atoms with Crippen molar-refractivity contribution in [2.75, 3.05) is 0 Å². The molecule has 4 nitrogen and oxygen atoms in total. The van der Waals surface area contributed by atoms with Crippen LogP contribution in [-0.4, -0.2) is 19.5 Å². The van der Waals surface area contributed by atoms with Crippen LogP contribution in [0.3, 0.4) is 0 Å². The van der Waals surface area contributed by atoms with Crippen LogP contribution in [0.15, 0.2) is 213 Å². The molecule has 0 bridgehead atoms. The zero-order valence-electron chi connectivity index (χ0n) is 35.2. The summed E-state index contributed by atoms with van der Waals surface area (Å²) in [7, 11) is 0. The van der Waals surface area contributed by atoms with E-state index in [1.54, 1.807) is 0 Å². The molecule has 0 saturated carbocycles. The molecule has 0 spiro atoms. The molecular weight excluding hydrogens is 957 g/mol. The van der Waals surface area contributed by atoms with Crippen LogP contribution in [0.2, 0.25) is 0 Å². The number of pyridine rings is 3. The molecule has 6 aromatic carbocycles. The third kappa shape index (κ3) is 9.67. The van der Waals surface area contributed by atoms with E-state index in [1.165, 1.54) is 38.9 Å². The average molecular weight is 1000 g/mol. The fourth-order valence-corrected chi connectivity index (χ4v) is 8.22. The summed E-state index contributed by atoms with van der Waals surface area (Å²) >= 11 is 0. The molecule has 0 radical (unpaired) electrons. The number of benzene rings is 6. The van der Waals surface area contributed by atoms with Crippen molar-refractivity contribution in [1.82, 2.24) is 19.5 Å². The molecule has 0 aliphatic heterocycles. The van der Waals surface area contributed by atoms with Crippen molar-refractivity contribution in [2.45, 2.75) is 25.7 Å². The minimum atomic E-state index is 0. The SMILES string of the molecule is [Ir+3].[c-]1ccccc1-c1ccc(CCc2cc(CCc3ccc(-c4[c-]cccc4)nc3)cc(-c3cccn3-c3cnc(-c4[c-]cccc4)cc3-c3ccc(-c4ccccc4)cc3)c2)cn1. The second-order valence-electron chi connectivity index (χ2n) is 15.8. The van der Waals surface area contributed by atoms with Gasteiger partial charge in [0.2, 0.25) is 0 Å². The van der Waals surface area contributed by atoms with E-state index >= 15 is 0 Å². The normalized spacial score (nSPS) is 10.9. The molecule has 10 rings (SSSR count). The average Bonchev–Trinajstić information content (AvgIpc) is 3.87. The van der Waals surface area contributed by atoms with Gasteiger partial charge in [-0.05, 0) is 112 Å². The number of nitrogens with zero attached hydrogens (tertiary/aromatic N) is 4. The zero-order valence-corrected chi connectivity index (χ0v) is 37.6. The Bertz CT molecular complexity index is 2950. The van der Waals surface area contributed by atoms with Gasteiger partial charge in [0.25, 0.3) is 0 Å². The first-order valence-corrected chi connectivity index (χ1v) is 21.5. The van der Waals surface area contributed by atoms with Gasteiger partial charge in [0.15, 0.2) is 0 Å². The largest absolute Gasteiger partial charge is 3.00 e. The van der Waals surface area contributed by atoms with E-state index < -0.39 is 0 Å². The Morgan fingerprint density at radius 1 is 0.375 bits per heavy atom. The molecule has 308 valence electrons. The predicted octanol–water partition coefficient (Wildman–Crippen LogP) is 13.6. The van der Waals surface area contributed by atoms with Crippen molar-refractivity contribution in [1.29, 1.82) is 0 Å². The first-order valence-electron chi connectivity index (χ1n) is 21.5. The number of hydrogen-bond donors (Lipinski definition) is 0. The Morgan fingerprint density at radius 2 is 0.875 bits per heavy atom. The Labute approximate surface area is 389 Å². The smallest absolute Gasteiger partial charge is 0.315 e. The van der Waals surface area contributed by atoms with Crippen molar-refractivity contribution >= 4 is 0 Å². The molecular formula is C59H43IrN4. The van der Waals surface area contributed by atoms with Crippen LogP contribution in [0.25, 0.3) is 73.0 Å². The van der Waals surface area contributed by atoms with Gasteiger partial charge in [0, 0.05) is 30.4 Å². The summed E-state index contributed by atoms with van der Waals surface area (Å²) in [5, 5.41) is 0. The number of aryl methyl sites for hydroxylation is 4. The fraction of sp³-hybridized carbons (Fsp3) is 0.0678. The molecule has 0 aliphatic carbocycles.